The van der Waals surface area contributed by atoms with Gasteiger partial charge in [-0.1, -0.05) is 36.4 Å². The first-order valence-corrected chi connectivity index (χ1v) is 8.34. The Labute approximate surface area is 155 Å². The van der Waals surface area contributed by atoms with Crippen LogP contribution in [-0.2, 0) is 0 Å². The third kappa shape index (κ3) is 6.40. The molecule has 2 rings (SSSR count). The van der Waals surface area contributed by atoms with E-state index in [1.807, 2.05) is 86.7 Å². The van der Waals surface area contributed by atoms with E-state index in [0.717, 1.165) is 34.0 Å². The Balaban J connectivity index is 2.19. The number of allylic oxidation sites excluding steroid dienone is 2. The molecule has 26 heavy (non-hydrogen) atoms. The van der Waals surface area contributed by atoms with Crippen LogP contribution in [0.3, 0.4) is 0 Å². The molecule has 0 aliphatic heterocycles. The quantitative estimate of drug-likeness (QED) is 0.505. The predicted octanol–water partition coefficient (Wildman–Crippen LogP) is 5.27. The van der Waals surface area contributed by atoms with Gasteiger partial charge in [-0.05, 0) is 61.4 Å². The zero-order chi connectivity index (χ0) is 18.8. The van der Waals surface area contributed by atoms with Gasteiger partial charge in [-0.3, -0.25) is 0 Å². The summed E-state index contributed by atoms with van der Waals surface area (Å²) in [5.41, 5.74) is 3.79. The van der Waals surface area contributed by atoms with E-state index >= 15 is 0 Å². The maximum atomic E-state index is 5.18. The molecule has 0 fully saturated rings. The summed E-state index contributed by atoms with van der Waals surface area (Å²) in [6.07, 6.45) is 7.87. The van der Waals surface area contributed by atoms with E-state index in [2.05, 4.69) is 10.2 Å². The molecule has 0 heterocycles. The number of methoxy groups -OCH3 is 2. The Hall–Kier alpha value is -3.14. The highest BCUT2D eigenvalue weighted by molar-refractivity contribution is 6.08. The molecule has 0 saturated carbocycles. The van der Waals surface area contributed by atoms with Gasteiger partial charge in [0.05, 0.1) is 19.9 Å². The van der Waals surface area contributed by atoms with Crippen molar-refractivity contribution in [3.63, 3.8) is 0 Å². The molecule has 0 aliphatic carbocycles. The van der Waals surface area contributed by atoms with Crippen LogP contribution in [0.25, 0.3) is 12.2 Å². The third-order valence-electron chi connectivity index (χ3n) is 3.49. The lowest BCUT2D eigenvalue weighted by Crippen LogP contribution is -1.89. The molecule has 0 unspecified atom stereocenters. The minimum Gasteiger partial charge on any atom is -0.497 e. The van der Waals surface area contributed by atoms with E-state index in [4.69, 9.17) is 9.47 Å². The van der Waals surface area contributed by atoms with Gasteiger partial charge in [0.15, 0.2) is 0 Å². The van der Waals surface area contributed by atoms with E-state index in [1.54, 1.807) is 14.2 Å². The molecule has 0 amide bonds. The van der Waals surface area contributed by atoms with E-state index < -0.39 is 0 Å². The van der Waals surface area contributed by atoms with Crippen LogP contribution in [0.15, 0.2) is 70.9 Å². The highest BCUT2D eigenvalue weighted by atomic mass is 16.5. The minimum atomic E-state index is 0.762. The van der Waals surface area contributed by atoms with Crippen LogP contribution in [0.1, 0.15) is 25.0 Å². The lowest BCUT2D eigenvalue weighted by Gasteiger charge is -2.00. The molecule has 4 nitrogen and oxygen atoms in total. The van der Waals surface area contributed by atoms with Gasteiger partial charge < -0.3 is 9.47 Å². The Bertz CT molecular complexity index is 751. The third-order valence-corrected chi connectivity index (χ3v) is 3.49. The summed E-state index contributed by atoms with van der Waals surface area (Å²) in [5, 5.41) is 8.47. The maximum absolute atomic E-state index is 5.18. The smallest absolute Gasteiger partial charge is 0.118 e. The highest BCUT2D eigenvalue weighted by Crippen LogP contribution is 2.14. The van der Waals surface area contributed by atoms with Crippen LogP contribution in [0.5, 0.6) is 11.5 Å². The van der Waals surface area contributed by atoms with Gasteiger partial charge in [0.2, 0.25) is 0 Å². The van der Waals surface area contributed by atoms with Crippen molar-refractivity contribution in [1.82, 2.24) is 0 Å². The van der Waals surface area contributed by atoms with Crippen molar-refractivity contribution in [1.29, 1.82) is 0 Å². The molecule has 134 valence electrons. The van der Waals surface area contributed by atoms with Gasteiger partial charge in [-0.15, -0.1) is 0 Å². The molecular weight excluding hydrogens is 324 g/mol. The number of nitrogens with zero attached hydrogens (tertiary/aromatic N) is 2. The van der Waals surface area contributed by atoms with Gasteiger partial charge in [0, 0.05) is 5.71 Å². The normalized spacial score (nSPS) is 10.8. The second-order valence-electron chi connectivity index (χ2n) is 5.79. The molecule has 0 aromatic heterocycles. The second kappa shape index (κ2) is 9.99. The fourth-order valence-electron chi connectivity index (χ4n) is 2.07. The van der Waals surface area contributed by atoms with Crippen molar-refractivity contribution in [2.45, 2.75) is 13.8 Å². The summed E-state index contributed by atoms with van der Waals surface area (Å²) in [7, 11) is 3.31. The minimum absolute atomic E-state index is 0.762. The molecule has 0 aliphatic rings. The number of hydrogen-bond acceptors (Lipinski definition) is 4. The molecule has 0 atom stereocenters. The van der Waals surface area contributed by atoms with Crippen LogP contribution in [0.4, 0.5) is 0 Å². The van der Waals surface area contributed by atoms with Crippen molar-refractivity contribution < 1.29 is 9.47 Å². The highest BCUT2D eigenvalue weighted by Gasteiger charge is 1.94. The fraction of sp³-hybridized carbons (Fsp3) is 0.182. The second-order valence-corrected chi connectivity index (χ2v) is 5.79. The van der Waals surface area contributed by atoms with Gasteiger partial charge >= 0.3 is 0 Å². The first-order valence-electron chi connectivity index (χ1n) is 8.34. The average Bonchev–Trinajstić information content (AvgIpc) is 2.68. The fourth-order valence-corrected chi connectivity index (χ4v) is 2.07. The van der Waals surface area contributed by atoms with E-state index in [9.17, 15) is 0 Å². The SMILES string of the molecule is COc1ccc(C=CC(C=Cc2ccc(OC)cc2)=NN=C(C)C)cc1. The molecule has 0 bridgehead atoms. The molecule has 0 radical (unpaired) electrons. The van der Waals surface area contributed by atoms with Gasteiger partial charge in [0.25, 0.3) is 0 Å². The molecule has 0 saturated heterocycles. The Morgan fingerprint density at radius 1 is 0.692 bits per heavy atom. The Morgan fingerprint density at radius 3 is 1.46 bits per heavy atom. The topological polar surface area (TPSA) is 43.2 Å². The van der Waals surface area contributed by atoms with Crippen molar-refractivity contribution in [2.24, 2.45) is 10.2 Å². The van der Waals surface area contributed by atoms with Crippen LogP contribution in [-0.4, -0.2) is 25.6 Å². The predicted molar refractivity (Wildman–Crippen MR) is 110 cm³/mol. The number of hydrogen-bond donors (Lipinski definition) is 0. The summed E-state index contributed by atoms with van der Waals surface area (Å²) in [4.78, 5) is 0. The van der Waals surface area contributed by atoms with Gasteiger partial charge in [0.1, 0.15) is 11.5 Å². The summed E-state index contributed by atoms with van der Waals surface area (Å²) < 4.78 is 10.4. The van der Waals surface area contributed by atoms with E-state index in [-0.39, 0.29) is 0 Å². The molecule has 4 heteroatoms. The zero-order valence-electron chi connectivity index (χ0n) is 15.6. The van der Waals surface area contributed by atoms with E-state index in [1.165, 1.54) is 0 Å². The summed E-state index contributed by atoms with van der Waals surface area (Å²) in [6.45, 7) is 3.84. The van der Waals surface area contributed by atoms with Crippen LogP contribution >= 0.6 is 0 Å². The van der Waals surface area contributed by atoms with Gasteiger partial charge in [-0.25, -0.2) is 0 Å². The number of rotatable bonds is 7. The largest absolute Gasteiger partial charge is 0.497 e. The first-order chi connectivity index (χ1) is 12.6. The maximum Gasteiger partial charge on any atom is 0.118 e. The lowest BCUT2D eigenvalue weighted by atomic mass is 10.1. The number of benzene rings is 2. The van der Waals surface area contributed by atoms with Crippen molar-refractivity contribution in [3.05, 3.63) is 71.8 Å². The van der Waals surface area contributed by atoms with E-state index in [0.29, 0.717) is 0 Å². The number of ether oxygens (including phenoxy) is 2. The molecule has 0 N–H and O–H groups in total. The van der Waals surface area contributed by atoms with Crippen LogP contribution in [0.2, 0.25) is 0 Å². The average molecular weight is 348 g/mol. The monoisotopic (exact) mass is 348 g/mol. The summed E-state index contributed by atoms with van der Waals surface area (Å²) in [6, 6.07) is 15.7. The van der Waals surface area contributed by atoms with Gasteiger partial charge in [-0.2, -0.15) is 10.2 Å². The zero-order valence-corrected chi connectivity index (χ0v) is 15.6. The standard InChI is InChI=1S/C22H24N2O2/c1-17(2)23-24-20(11-5-18-7-13-21(25-3)14-8-18)12-6-19-9-15-22(26-4)16-10-19/h5-16H,1-4H3. The summed E-state index contributed by atoms with van der Waals surface area (Å²) in [5.74, 6) is 1.67. The lowest BCUT2D eigenvalue weighted by molar-refractivity contribution is 0.414. The van der Waals surface area contributed by atoms with Crippen LogP contribution < -0.4 is 9.47 Å². The molecule has 2 aromatic rings. The summed E-state index contributed by atoms with van der Waals surface area (Å²) >= 11 is 0. The van der Waals surface area contributed by atoms with Crippen molar-refractivity contribution >= 4 is 23.6 Å². The molecule has 0 spiro atoms. The Morgan fingerprint density at radius 2 is 1.12 bits per heavy atom. The molecule has 2 aromatic carbocycles. The molecular formula is C22H24N2O2. The first kappa shape index (κ1) is 19.2. The van der Waals surface area contributed by atoms with Crippen molar-refractivity contribution in [2.75, 3.05) is 14.2 Å². The van der Waals surface area contributed by atoms with Crippen molar-refractivity contribution in [3.8, 4) is 11.5 Å². The Kier molecular flexibility index (Phi) is 7.37. The van der Waals surface area contributed by atoms with Crippen LogP contribution in [0, 0.1) is 0 Å².